The smallest absolute Gasteiger partial charge is 0.105 e. The molecule has 2 heterocycles. The first-order valence-electron chi connectivity index (χ1n) is 6.40. The van der Waals surface area contributed by atoms with Crippen LogP contribution in [0.2, 0.25) is 0 Å². The van der Waals surface area contributed by atoms with Gasteiger partial charge in [0.1, 0.15) is 5.76 Å². The molecule has 0 bridgehead atoms. The lowest BCUT2D eigenvalue weighted by molar-refractivity contribution is 0.331. The van der Waals surface area contributed by atoms with Crippen LogP contribution in [-0.2, 0) is 6.42 Å². The molecule has 16 heavy (non-hydrogen) atoms. The third kappa shape index (κ3) is 3.99. The highest BCUT2D eigenvalue weighted by atomic mass is 16.3. The minimum atomic E-state index is 0.997. The quantitative estimate of drug-likeness (QED) is 0.714. The van der Waals surface area contributed by atoms with Crippen LogP contribution in [0.4, 0.5) is 0 Å². The predicted molar refractivity (Wildman–Crippen MR) is 65.6 cm³/mol. The number of nitrogens with zero attached hydrogens (tertiary/aromatic N) is 1. The molecule has 1 aromatic heterocycles. The van der Waals surface area contributed by atoms with Crippen molar-refractivity contribution in [3.63, 3.8) is 0 Å². The number of hydrogen-bond acceptors (Lipinski definition) is 3. The summed E-state index contributed by atoms with van der Waals surface area (Å²) in [7, 11) is 0. The van der Waals surface area contributed by atoms with E-state index in [0.717, 1.165) is 25.3 Å². The van der Waals surface area contributed by atoms with Crippen LogP contribution >= 0.6 is 0 Å². The maximum absolute atomic E-state index is 5.27. The molecule has 0 unspecified atom stereocenters. The molecular weight excluding hydrogens is 200 g/mol. The van der Waals surface area contributed by atoms with E-state index in [4.69, 9.17) is 4.42 Å². The Morgan fingerprint density at radius 3 is 2.88 bits per heavy atom. The Bertz CT molecular complexity index is 265. The molecule has 1 aliphatic rings. The summed E-state index contributed by atoms with van der Waals surface area (Å²) in [6.07, 6.45) is 6.79. The first kappa shape index (κ1) is 11.7. The zero-order valence-corrected chi connectivity index (χ0v) is 9.95. The van der Waals surface area contributed by atoms with Crippen molar-refractivity contribution < 1.29 is 4.42 Å². The van der Waals surface area contributed by atoms with Gasteiger partial charge in [-0.3, -0.25) is 0 Å². The van der Waals surface area contributed by atoms with Gasteiger partial charge in [-0.2, -0.15) is 0 Å². The molecule has 0 saturated carbocycles. The summed E-state index contributed by atoms with van der Waals surface area (Å²) < 4.78 is 5.27. The lowest BCUT2D eigenvalue weighted by Crippen LogP contribution is -2.25. The number of furan rings is 1. The lowest BCUT2D eigenvalue weighted by atomic mass is 10.3. The Morgan fingerprint density at radius 2 is 2.12 bits per heavy atom. The minimum absolute atomic E-state index is 0.997. The number of nitrogens with one attached hydrogen (secondary N) is 1. The van der Waals surface area contributed by atoms with Crippen LogP contribution in [0.15, 0.2) is 22.8 Å². The van der Waals surface area contributed by atoms with E-state index in [2.05, 4.69) is 10.2 Å². The maximum atomic E-state index is 5.27. The number of rotatable bonds is 7. The molecule has 1 aromatic rings. The first-order chi connectivity index (χ1) is 7.95. The van der Waals surface area contributed by atoms with Gasteiger partial charge in [-0.05, 0) is 57.6 Å². The molecule has 2 rings (SSSR count). The molecule has 0 radical (unpaired) electrons. The van der Waals surface area contributed by atoms with Gasteiger partial charge in [0.25, 0.3) is 0 Å². The average Bonchev–Trinajstić information content (AvgIpc) is 2.96. The second-order valence-corrected chi connectivity index (χ2v) is 4.48. The van der Waals surface area contributed by atoms with Gasteiger partial charge in [-0.1, -0.05) is 0 Å². The zero-order chi connectivity index (χ0) is 11.1. The largest absolute Gasteiger partial charge is 0.469 e. The van der Waals surface area contributed by atoms with Crippen LogP contribution in [0.5, 0.6) is 0 Å². The van der Waals surface area contributed by atoms with Crippen LogP contribution in [0.25, 0.3) is 0 Å². The highest BCUT2D eigenvalue weighted by molar-refractivity contribution is 4.98. The van der Waals surface area contributed by atoms with Gasteiger partial charge in [0.15, 0.2) is 0 Å². The van der Waals surface area contributed by atoms with Crippen molar-refractivity contribution in [3.8, 4) is 0 Å². The molecule has 1 aliphatic heterocycles. The van der Waals surface area contributed by atoms with E-state index in [-0.39, 0.29) is 0 Å². The van der Waals surface area contributed by atoms with Crippen molar-refractivity contribution in [2.75, 3.05) is 32.7 Å². The standard InChI is InChI=1S/C13H22N2O/c1-2-10-15(9-1)11-4-7-14-8-6-13-5-3-12-16-13/h3,5,12,14H,1-2,4,6-11H2. The minimum Gasteiger partial charge on any atom is -0.469 e. The molecule has 90 valence electrons. The van der Waals surface area contributed by atoms with E-state index in [1.807, 2.05) is 12.1 Å². The van der Waals surface area contributed by atoms with E-state index >= 15 is 0 Å². The van der Waals surface area contributed by atoms with Crippen LogP contribution in [0.1, 0.15) is 25.0 Å². The third-order valence-electron chi connectivity index (χ3n) is 3.15. The number of likely N-dealkylation sites (tertiary alicyclic amines) is 1. The summed E-state index contributed by atoms with van der Waals surface area (Å²) in [6, 6.07) is 3.98. The van der Waals surface area contributed by atoms with Gasteiger partial charge in [-0.15, -0.1) is 0 Å². The lowest BCUT2D eigenvalue weighted by Gasteiger charge is -2.14. The van der Waals surface area contributed by atoms with Crippen LogP contribution in [0, 0.1) is 0 Å². The summed E-state index contributed by atoms with van der Waals surface area (Å²) in [5, 5.41) is 3.46. The van der Waals surface area contributed by atoms with E-state index in [0.29, 0.717) is 0 Å². The topological polar surface area (TPSA) is 28.4 Å². The zero-order valence-electron chi connectivity index (χ0n) is 9.95. The third-order valence-corrected chi connectivity index (χ3v) is 3.15. The molecule has 0 spiro atoms. The van der Waals surface area contributed by atoms with Gasteiger partial charge in [0, 0.05) is 13.0 Å². The summed E-state index contributed by atoms with van der Waals surface area (Å²) in [4.78, 5) is 2.56. The molecule has 0 amide bonds. The molecule has 1 saturated heterocycles. The molecule has 1 fully saturated rings. The Labute approximate surface area is 97.8 Å². The summed E-state index contributed by atoms with van der Waals surface area (Å²) >= 11 is 0. The van der Waals surface area contributed by atoms with Gasteiger partial charge in [0.2, 0.25) is 0 Å². The maximum Gasteiger partial charge on any atom is 0.105 e. The predicted octanol–water partition coefficient (Wildman–Crippen LogP) is 1.90. The van der Waals surface area contributed by atoms with Crippen LogP contribution in [0.3, 0.4) is 0 Å². The Kier molecular flexibility index (Phi) is 4.90. The van der Waals surface area contributed by atoms with E-state index < -0.39 is 0 Å². The normalized spacial score (nSPS) is 17.0. The molecule has 0 atom stereocenters. The van der Waals surface area contributed by atoms with Gasteiger partial charge in [-0.25, -0.2) is 0 Å². The second-order valence-electron chi connectivity index (χ2n) is 4.48. The second kappa shape index (κ2) is 6.71. The van der Waals surface area contributed by atoms with Crippen molar-refractivity contribution in [1.29, 1.82) is 0 Å². The van der Waals surface area contributed by atoms with E-state index in [1.54, 1.807) is 6.26 Å². The van der Waals surface area contributed by atoms with E-state index in [9.17, 15) is 0 Å². The van der Waals surface area contributed by atoms with Gasteiger partial charge < -0.3 is 14.6 Å². The highest BCUT2D eigenvalue weighted by Crippen LogP contribution is 2.06. The highest BCUT2D eigenvalue weighted by Gasteiger charge is 2.09. The Morgan fingerprint density at radius 1 is 1.25 bits per heavy atom. The fourth-order valence-electron chi connectivity index (χ4n) is 2.23. The number of hydrogen-bond donors (Lipinski definition) is 1. The first-order valence-corrected chi connectivity index (χ1v) is 6.40. The fraction of sp³-hybridized carbons (Fsp3) is 0.692. The molecular formula is C13H22N2O. The Balaban J connectivity index is 1.43. The van der Waals surface area contributed by atoms with Crippen molar-refractivity contribution in [3.05, 3.63) is 24.2 Å². The summed E-state index contributed by atoms with van der Waals surface area (Å²) in [6.45, 7) is 6.03. The average molecular weight is 222 g/mol. The Hall–Kier alpha value is -0.800. The SMILES string of the molecule is c1coc(CCNCCCN2CCCC2)c1. The molecule has 3 heteroatoms. The fourth-order valence-corrected chi connectivity index (χ4v) is 2.23. The van der Waals surface area contributed by atoms with Crippen molar-refractivity contribution in [2.24, 2.45) is 0 Å². The van der Waals surface area contributed by atoms with Crippen molar-refractivity contribution >= 4 is 0 Å². The van der Waals surface area contributed by atoms with Crippen molar-refractivity contribution in [1.82, 2.24) is 10.2 Å². The summed E-state index contributed by atoms with van der Waals surface area (Å²) in [5.41, 5.74) is 0. The monoisotopic (exact) mass is 222 g/mol. The van der Waals surface area contributed by atoms with Gasteiger partial charge in [0.05, 0.1) is 6.26 Å². The molecule has 1 N–H and O–H groups in total. The van der Waals surface area contributed by atoms with Crippen LogP contribution < -0.4 is 5.32 Å². The van der Waals surface area contributed by atoms with Crippen LogP contribution in [-0.4, -0.2) is 37.6 Å². The van der Waals surface area contributed by atoms with Gasteiger partial charge >= 0.3 is 0 Å². The molecule has 0 aliphatic carbocycles. The molecule has 3 nitrogen and oxygen atoms in total. The molecule has 0 aromatic carbocycles. The van der Waals surface area contributed by atoms with Crippen molar-refractivity contribution in [2.45, 2.75) is 25.7 Å². The van der Waals surface area contributed by atoms with E-state index in [1.165, 1.54) is 38.9 Å². The summed E-state index contributed by atoms with van der Waals surface area (Å²) in [5.74, 6) is 1.08.